The van der Waals surface area contributed by atoms with Crippen LogP contribution in [0.25, 0.3) is 0 Å². The SMILES string of the molecule is CC(C)(C)OC(=O)NC1CCC(N(Cc2ccccc2)C2CCCc3cccnc32)CC1. The first kappa shape index (κ1) is 22.8. The Bertz CT molecular complexity index is 885. The maximum absolute atomic E-state index is 12.2. The van der Waals surface area contributed by atoms with E-state index in [9.17, 15) is 4.79 Å². The highest BCUT2D eigenvalue weighted by Gasteiger charge is 2.34. The second-order valence-corrected chi connectivity index (χ2v) is 10.3. The van der Waals surface area contributed by atoms with E-state index in [-0.39, 0.29) is 12.1 Å². The molecule has 0 saturated heterocycles. The number of nitrogens with one attached hydrogen (secondary N) is 1. The van der Waals surface area contributed by atoms with Crippen LogP contribution in [-0.4, -0.2) is 33.7 Å². The van der Waals surface area contributed by atoms with Crippen molar-refractivity contribution in [1.29, 1.82) is 0 Å². The van der Waals surface area contributed by atoms with Crippen molar-refractivity contribution < 1.29 is 9.53 Å². The second kappa shape index (κ2) is 10.0. The number of nitrogens with zero attached hydrogens (tertiary/aromatic N) is 2. The molecule has 0 aliphatic heterocycles. The topological polar surface area (TPSA) is 54.5 Å². The summed E-state index contributed by atoms with van der Waals surface area (Å²) < 4.78 is 5.46. The van der Waals surface area contributed by atoms with Gasteiger partial charge < -0.3 is 10.1 Å². The number of aromatic nitrogens is 1. The molecule has 1 aromatic heterocycles. The van der Waals surface area contributed by atoms with Gasteiger partial charge in [-0.15, -0.1) is 0 Å². The first-order chi connectivity index (χ1) is 15.4. The summed E-state index contributed by atoms with van der Waals surface area (Å²) in [5, 5.41) is 3.09. The van der Waals surface area contributed by atoms with E-state index in [0.717, 1.165) is 45.1 Å². The molecule has 2 aliphatic carbocycles. The molecule has 2 aromatic rings. The summed E-state index contributed by atoms with van der Waals surface area (Å²) in [5.41, 5.74) is 3.56. The van der Waals surface area contributed by atoms with Crippen LogP contribution in [0.15, 0.2) is 48.7 Å². The molecule has 32 heavy (non-hydrogen) atoms. The van der Waals surface area contributed by atoms with Gasteiger partial charge in [-0.25, -0.2) is 4.79 Å². The van der Waals surface area contributed by atoms with Gasteiger partial charge in [0.1, 0.15) is 5.60 Å². The Labute approximate surface area is 192 Å². The molecule has 5 heteroatoms. The van der Waals surface area contributed by atoms with E-state index < -0.39 is 5.60 Å². The highest BCUT2D eigenvalue weighted by molar-refractivity contribution is 5.68. The summed E-state index contributed by atoms with van der Waals surface area (Å²) in [5.74, 6) is 0. The predicted octanol–water partition coefficient (Wildman–Crippen LogP) is 5.80. The van der Waals surface area contributed by atoms with Crippen LogP contribution in [-0.2, 0) is 17.7 Å². The molecule has 1 heterocycles. The number of carbonyl (C=O) groups is 1. The lowest BCUT2D eigenvalue weighted by atomic mass is 9.85. The molecule has 5 nitrogen and oxygen atoms in total. The average molecular weight is 436 g/mol. The van der Waals surface area contributed by atoms with Gasteiger partial charge in [-0.3, -0.25) is 9.88 Å². The van der Waals surface area contributed by atoms with E-state index in [1.54, 1.807) is 0 Å². The van der Waals surface area contributed by atoms with Gasteiger partial charge >= 0.3 is 6.09 Å². The lowest BCUT2D eigenvalue weighted by Crippen LogP contribution is -2.46. The Hall–Kier alpha value is -2.40. The molecule has 1 atom stereocenters. The van der Waals surface area contributed by atoms with Gasteiger partial charge in [-0.1, -0.05) is 36.4 Å². The number of rotatable bonds is 5. The van der Waals surface area contributed by atoms with E-state index in [4.69, 9.17) is 9.72 Å². The van der Waals surface area contributed by atoms with Crippen LogP contribution in [0.1, 0.15) is 82.2 Å². The number of aryl methyl sites for hydroxylation is 1. The van der Waals surface area contributed by atoms with Gasteiger partial charge in [-0.2, -0.15) is 0 Å². The number of benzene rings is 1. The molecule has 1 fully saturated rings. The van der Waals surface area contributed by atoms with Crippen LogP contribution in [0, 0.1) is 0 Å². The normalized spacial score (nSPS) is 23.4. The second-order valence-electron chi connectivity index (χ2n) is 10.3. The molecule has 0 spiro atoms. The maximum Gasteiger partial charge on any atom is 0.407 e. The number of ether oxygens (including phenoxy) is 1. The molecule has 0 radical (unpaired) electrons. The smallest absolute Gasteiger partial charge is 0.407 e. The van der Waals surface area contributed by atoms with E-state index in [0.29, 0.717) is 12.1 Å². The summed E-state index contributed by atoms with van der Waals surface area (Å²) in [7, 11) is 0. The monoisotopic (exact) mass is 435 g/mol. The molecule has 0 bridgehead atoms. The minimum absolute atomic E-state index is 0.191. The average Bonchev–Trinajstić information content (AvgIpc) is 2.77. The number of amides is 1. The van der Waals surface area contributed by atoms with Crippen molar-refractivity contribution in [3.8, 4) is 0 Å². The van der Waals surface area contributed by atoms with Gasteiger partial charge in [0.2, 0.25) is 0 Å². The summed E-state index contributed by atoms with van der Waals surface area (Å²) in [6.07, 6.45) is 9.26. The van der Waals surface area contributed by atoms with Crippen molar-refractivity contribution in [3.63, 3.8) is 0 Å². The lowest BCUT2D eigenvalue weighted by molar-refractivity contribution is 0.0443. The molecule has 1 amide bonds. The third-order valence-electron chi connectivity index (χ3n) is 6.66. The van der Waals surface area contributed by atoms with Crippen molar-refractivity contribution in [3.05, 3.63) is 65.5 Å². The van der Waals surface area contributed by atoms with Crippen molar-refractivity contribution in [2.24, 2.45) is 0 Å². The minimum atomic E-state index is -0.463. The van der Waals surface area contributed by atoms with Crippen LogP contribution < -0.4 is 5.32 Å². The summed E-state index contributed by atoms with van der Waals surface area (Å²) in [4.78, 5) is 19.7. The van der Waals surface area contributed by atoms with Gasteiger partial charge in [0.15, 0.2) is 0 Å². The molecular formula is C27H37N3O2. The molecule has 1 aromatic carbocycles. The highest BCUT2D eigenvalue weighted by Crippen LogP contribution is 2.38. The molecule has 2 aliphatic rings. The third kappa shape index (κ3) is 5.89. The van der Waals surface area contributed by atoms with Crippen LogP contribution in [0.3, 0.4) is 0 Å². The van der Waals surface area contributed by atoms with Gasteiger partial charge in [0, 0.05) is 24.8 Å². The van der Waals surface area contributed by atoms with Crippen LogP contribution >= 0.6 is 0 Å². The molecule has 4 rings (SSSR count). The lowest BCUT2D eigenvalue weighted by Gasteiger charge is -2.43. The Morgan fingerprint density at radius 1 is 1.06 bits per heavy atom. The van der Waals surface area contributed by atoms with E-state index in [1.807, 2.05) is 27.0 Å². The fraction of sp³-hybridized carbons (Fsp3) is 0.556. The zero-order chi connectivity index (χ0) is 22.6. The number of fused-ring (bicyclic) bond motifs is 1. The van der Waals surface area contributed by atoms with Gasteiger partial charge in [-0.05, 0) is 82.9 Å². The van der Waals surface area contributed by atoms with Crippen molar-refractivity contribution >= 4 is 6.09 Å². The molecular weight excluding hydrogens is 398 g/mol. The van der Waals surface area contributed by atoms with E-state index in [1.165, 1.54) is 23.2 Å². The summed E-state index contributed by atoms with van der Waals surface area (Å²) in [6, 6.07) is 16.1. The molecule has 172 valence electrons. The Morgan fingerprint density at radius 2 is 1.81 bits per heavy atom. The zero-order valence-electron chi connectivity index (χ0n) is 19.7. The Kier molecular flexibility index (Phi) is 7.14. The molecule has 1 unspecified atom stereocenters. The Morgan fingerprint density at radius 3 is 2.53 bits per heavy atom. The maximum atomic E-state index is 12.2. The first-order valence-corrected chi connectivity index (χ1v) is 12.1. The van der Waals surface area contributed by atoms with Gasteiger partial charge in [0.25, 0.3) is 0 Å². The number of alkyl carbamates (subject to hydrolysis) is 1. The number of hydrogen-bond acceptors (Lipinski definition) is 4. The van der Waals surface area contributed by atoms with E-state index in [2.05, 4.69) is 52.7 Å². The number of carbonyl (C=O) groups excluding carboxylic acids is 1. The quantitative estimate of drug-likeness (QED) is 0.645. The predicted molar refractivity (Wildman–Crippen MR) is 127 cm³/mol. The largest absolute Gasteiger partial charge is 0.444 e. The van der Waals surface area contributed by atoms with Crippen molar-refractivity contribution in [2.75, 3.05) is 0 Å². The van der Waals surface area contributed by atoms with Gasteiger partial charge in [0.05, 0.1) is 11.7 Å². The molecule has 1 saturated carbocycles. The van der Waals surface area contributed by atoms with Crippen molar-refractivity contribution in [1.82, 2.24) is 15.2 Å². The van der Waals surface area contributed by atoms with Crippen LogP contribution in [0.5, 0.6) is 0 Å². The number of pyridine rings is 1. The fourth-order valence-corrected chi connectivity index (χ4v) is 5.22. The summed E-state index contributed by atoms with van der Waals surface area (Å²) in [6.45, 7) is 6.65. The summed E-state index contributed by atoms with van der Waals surface area (Å²) >= 11 is 0. The Balaban J connectivity index is 1.47. The van der Waals surface area contributed by atoms with E-state index >= 15 is 0 Å². The molecule has 1 N–H and O–H groups in total. The highest BCUT2D eigenvalue weighted by atomic mass is 16.6. The van der Waals surface area contributed by atoms with Crippen molar-refractivity contribution in [2.45, 2.75) is 96.0 Å². The van der Waals surface area contributed by atoms with Crippen LogP contribution in [0.4, 0.5) is 4.79 Å². The standard InChI is InChI=1S/C27H37N3O2/c1-27(2,3)32-26(31)29-22-14-16-23(17-15-22)30(19-20-9-5-4-6-10-20)24-13-7-11-21-12-8-18-28-25(21)24/h4-6,8-10,12,18,22-24H,7,11,13-17,19H2,1-3H3,(H,29,31). The first-order valence-electron chi connectivity index (χ1n) is 12.1. The van der Waals surface area contributed by atoms with Crippen LogP contribution in [0.2, 0.25) is 0 Å². The zero-order valence-corrected chi connectivity index (χ0v) is 19.7. The fourth-order valence-electron chi connectivity index (χ4n) is 5.22. The minimum Gasteiger partial charge on any atom is -0.444 e. The number of hydrogen-bond donors (Lipinski definition) is 1. The third-order valence-corrected chi connectivity index (χ3v) is 6.66.